The number of nitrogens with zero attached hydrogens (tertiary/aromatic N) is 4. The molecular weight excluding hydrogens is 537 g/mol. The van der Waals surface area contributed by atoms with E-state index in [1.165, 1.54) is 23.1 Å². The lowest BCUT2D eigenvalue weighted by atomic mass is 10.2. The van der Waals surface area contributed by atoms with E-state index in [9.17, 15) is 14.0 Å². The Labute approximate surface area is 244 Å². The van der Waals surface area contributed by atoms with E-state index in [0.717, 1.165) is 24.3 Å². The van der Waals surface area contributed by atoms with Gasteiger partial charge in [0, 0.05) is 44.0 Å². The fourth-order valence-corrected chi connectivity index (χ4v) is 4.78. The molecule has 42 heavy (non-hydrogen) atoms. The highest BCUT2D eigenvalue weighted by molar-refractivity contribution is 5.99. The van der Waals surface area contributed by atoms with Crippen LogP contribution in [0.15, 0.2) is 85.1 Å². The fraction of sp³-hybridized carbons (Fsp3) is 0.281. The SMILES string of the molecule is CCOc1cccc(-n2cc(-c3ccccc3)nc2NC(=O)CN(CCN2CCOCC2)C(=O)c2ccccc2F)c1. The zero-order valence-corrected chi connectivity index (χ0v) is 23.5. The highest BCUT2D eigenvalue weighted by Gasteiger charge is 2.24. The molecule has 9 nitrogen and oxygen atoms in total. The Morgan fingerprint density at radius 3 is 2.55 bits per heavy atom. The van der Waals surface area contributed by atoms with E-state index in [0.29, 0.717) is 43.8 Å². The van der Waals surface area contributed by atoms with Crippen molar-refractivity contribution >= 4 is 17.8 Å². The lowest BCUT2D eigenvalue weighted by molar-refractivity contribution is -0.117. The van der Waals surface area contributed by atoms with Gasteiger partial charge in [-0.25, -0.2) is 9.37 Å². The third-order valence-corrected chi connectivity index (χ3v) is 6.95. The van der Waals surface area contributed by atoms with Crippen molar-refractivity contribution in [3.05, 3.63) is 96.4 Å². The topological polar surface area (TPSA) is 88.9 Å². The fourth-order valence-electron chi connectivity index (χ4n) is 4.78. The number of benzene rings is 3. The van der Waals surface area contributed by atoms with Crippen LogP contribution in [0.4, 0.5) is 10.3 Å². The minimum absolute atomic E-state index is 0.0760. The molecule has 10 heteroatoms. The Balaban J connectivity index is 1.40. The molecule has 2 heterocycles. The summed E-state index contributed by atoms with van der Waals surface area (Å²) >= 11 is 0. The van der Waals surface area contributed by atoms with Crippen molar-refractivity contribution in [1.82, 2.24) is 19.4 Å². The average Bonchev–Trinajstić information content (AvgIpc) is 3.44. The summed E-state index contributed by atoms with van der Waals surface area (Å²) in [4.78, 5) is 35.2. The molecule has 218 valence electrons. The summed E-state index contributed by atoms with van der Waals surface area (Å²) < 4.78 is 27.5. The maximum absolute atomic E-state index is 14.6. The van der Waals surface area contributed by atoms with Crippen LogP contribution in [-0.4, -0.2) is 83.7 Å². The van der Waals surface area contributed by atoms with Gasteiger partial charge in [0.25, 0.3) is 5.91 Å². The largest absolute Gasteiger partial charge is 0.494 e. The number of carbonyl (C=O) groups excluding carboxylic acids is 2. The summed E-state index contributed by atoms with van der Waals surface area (Å²) in [6.07, 6.45) is 1.84. The van der Waals surface area contributed by atoms with Crippen molar-refractivity contribution in [2.75, 3.05) is 57.9 Å². The first kappa shape index (κ1) is 29.0. The molecule has 1 aliphatic heterocycles. The van der Waals surface area contributed by atoms with Crippen molar-refractivity contribution in [3.63, 3.8) is 0 Å². The standard InChI is InChI=1S/C32H34FN5O4/c1-2-42-26-12-8-11-25(21-26)38-22-29(24-9-4-3-5-10-24)34-32(38)35-30(39)23-37(16-15-36-17-19-41-20-18-36)31(40)27-13-6-7-14-28(27)33/h3-14,21-22H,2,15-20,23H2,1H3,(H,34,35,39). The highest BCUT2D eigenvalue weighted by atomic mass is 19.1. The van der Waals surface area contributed by atoms with Gasteiger partial charge in [-0.05, 0) is 31.2 Å². The first-order valence-corrected chi connectivity index (χ1v) is 14.0. The first-order chi connectivity index (χ1) is 20.5. The second-order valence-corrected chi connectivity index (χ2v) is 9.82. The third-order valence-electron chi connectivity index (χ3n) is 6.95. The van der Waals surface area contributed by atoms with Gasteiger partial charge in [-0.15, -0.1) is 0 Å². The number of ether oxygens (including phenoxy) is 2. The zero-order valence-electron chi connectivity index (χ0n) is 23.5. The van der Waals surface area contributed by atoms with Crippen LogP contribution in [0.5, 0.6) is 5.75 Å². The van der Waals surface area contributed by atoms with Crippen LogP contribution in [-0.2, 0) is 9.53 Å². The van der Waals surface area contributed by atoms with Crippen molar-refractivity contribution in [1.29, 1.82) is 0 Å². The smallest absolute Gasteiger partial charge is 0.257 e. The molecule has 0 radical (unpaired) electrons. The first-order valence-electron chi connectivity index (χ1n) is 14.0. The molecule has 0 saturated carbocycles. The van der Waals surface area contributed by atoms with E-state index >= 15 is 0 Å². The van der Waals surface area contributed by atoms with Crippen molar-refractivity contribution in [2.24, 2.45) is 0 Å². The summed E-state index contributed by atoms with van der Waals surface area (Å²) in [6, 6.07) is 22.9. The van der Waals surface area contributed by atoms with Gasteiger partial charge >= 0.3 is 0 Å². The summed E-state index contributed by atoms with van der Waals surface area (Å²) in [5.74, 6) is -0.647. The van der Waals surface area contributed by atoms with Crippen molar-refractivity contribution in [2.45, 2.75) is 6.92 Å². The Morgan fingerprint density at radius 2 is 1.79 bits per heavy atom. The predicted molar refractivity (Wildman–Crippen MR) is 158 cm³/mol. The number of rotatable bonds is 11. The monoisotopic (exact) mass is 571 g/mol. The molecule has 0 aliphatic carbocycles. The van der Waals surface area contributed by atoms with E-state index in [4.69, 9.17) is 14.5 Å². The van der Waals surface area contributed by atoms with Crippen LogP contribution in [0.2, 0.25) is 0 Å². The van der Waals surface area contributed by atoms with Crippen LogP contribution in [0, 0.1) is 5.82 Å². The molecule has 0 atom stereocenters. The lowest BCUT2D eigenvalue weighted by Crippen LogP contribution is -2.45. The van der Waals surface area contributed by atoms with Gasteiger partial charge in [0.1, 0.15) is 18.1 Å². The van der Waals surface area contributed by atoms with E-state index in [2.05, 4.69) is 10.2 Å². The molecule has 1 fully saturated rings. The molecule has 3 aromatic carbocycles. The van der Waals surface area contributed by atoms with Crippen LogP contribution in [0.25, 0.3) is 16.9 Å². The summed E-state index contributed by atoms with van der Waals surface area (Å²) in [5.41, 5.74) is 2.22. The van der Waals surface area contributed by atoms with Crippen LogP contribution in [0.3, 0.4) is 0 Å². The molecule has 4 aromatic rings. The molecule has 1 N–H and O–H groups in total. The van der Waals surface area contributed by atoms with Gasteiger partial charge in [0.2, 0.25) is 11.9 Å². The Morgan fingerprint density at radius 1 is 1.02 bits per heavy atom. The summed E-state index contributed by atoms with van der Waals surface area (Å²) in [6.45, 7) is 5.62. The molecule has 0 bridgehead atoms. The normalized spacial score (nSPS) is 13.5. The number of amides is 2. The Hall–Kier alpha value is -4.54. The molecule has 0 unspecified atom stereocenters. The number of nitrogens with one attached hydrogen (secondary N) is 1. The minimum atomic E-state index is -0.628. The van der Waals surface area contributed by atoms with Gasteiger partial charge in [-0.1, -0.05) is 48.5 Å². The molecular formula is C32H34FN5O4. The number of imidazole rings is 1. The molecule has 1 saturated heterocycles. The molecule has 0 spiro atoms. The van der Waals surface area contributed by atoms with Crippen molar-refractivity contribution in [3.8, 4) is 22.7 Å². The van der Waals surface area contributed by atoms with Crippen LogP contribution in [0.1, 0.15) is 17.3 Å². The quantitative estimate of drug-likeness (QED) is 0.286. The van der Waals surface area contributed by atoms with Crippen molar-refractivity contribution < 1.29 is 23.5 Å². The third kappa shape index (κ3) is 7.20. The number of carbonyl (C=O) groups is 2. The number of anilines is 1. The van der Waals surface area contributed by atoms with Gasteiger partial charge < -0.3 is 14.4 Å². The van der Waals surface area contributed by atoms with E-state index in [1.807, 2.05) is 67.7 Å². The second-order valence-electron chi connectivity index (χ2n) is 9.82. The number of morpholine rings is 1. The summed E-state index contributed by atoms with van der Waals surface area (Å²) in [5, 5.41) is 2.89. The number of hydrogen-bond donors (Lipinski definition) is 1. The molecule has 1 aliphatic rings. The number of hydrogen-bond acceptors (Lipinski definition) is 6. The number of halogens is 1. The van der Waals surface area contributed by atoms with Gasteiger partial charge in [0.05, 0.1) is 36.8 Å². The van der Waals surface area contributed by atoms with Crippen LogP contribution < -0.4 is 10.1 Å². The maximum Gasteiger partial charge on any atom is 0.257 e. The predicted octanol–water partition coefficient (Wildman–Crippen LogP) is 4.49. The Bertz CT molecular complexity index is 1500. The van der Waals surface area contributed by atoms with Crippen LogP contribution >= 0.6 is 0 Å². The summed E-state index contributed by atoms with van der Waals surface area (Å²) in [7, 11) is 0. The van der Waals surface area contributed by atoms with E-state index in [-0.39, 0.29) is 18.7 Å². The lowest BCUT2D eigenvalue weighted by Gasteiger charge is -2.30. The Kier molecular flexibility index (Phi) is 9.58. The maximum atomic E-state index is 14.6. The van der Waals surface area contributed by atoms with Gasteiger partial charge in [-0.2, -0.15) is 0 Å². The highest BCUT2D eigenvalue weighted by Crippen LogP contribution is 2.26. The van der Waals surface area contributed by atoms with E-state index < -0.39 is 17.6 Å². The average molecular weight is 572 g/mol. The molecule has 5 rings (SSSR count). The minimum Gasteiger partial charge on any atom is -0.494 e. The van der Waals surface area contributed by atoms with Gasteiger partial charge in [0.15, 0.2) is 0 Å². The second kappa shape index (κ2) is 13.9. The number of aromatic nitrogens is 2. The molecule has 1 aromatic heterocycles. The van der Waals surface area contributed by atoms with Gasteiger partial charge in [-0.3, -0.25) is 24.4 Å². The van der Waals surface area contributed by atoms with E-state index in [1.54, 1.807) is 10.6 Å². The zero-order chi connectivity index (χ0) is 29.3. The molecule has 2 amide bonds.